The first kappa shape index (κ1) is 20.9. The first-order valence-corrected chi connectivity index (χ1v) is 11.4. The lowest BCUT2D eigenvalue weighted by Crippen LogP contribution is -2.19. The normalized spacial score (nSPS) is 13.3. The van der Waals surface area contributed by atoms with E-state index in [0.29, 0.717) is 23.6 Å². The summed E-state index contributed by atoms with van der Waals surface area (Å²) in [5.74, 6) is 1.32. The van der Waals surface area contributed by atoms with Crippen molar-refractivity contribution in [1.29, 1.82) is 0 Å². The van der Waals surface area contributed by atoms with Gasteiger partial charge in [-0.25, -0.2) is 0 Å². The van der Waals surface area contributed by atoms with E-state index >= 15 is 0 Å². The molecule has 1 aliphatic rings. The molecule has 1 amide bonds. The van der Waals surface area contributed by atoms with Crippen LogP contribution in [0.1, 0.15) is 30.1 Å². The van der Waals surface area contributed by atoms with Crippen LogP contribution in [0.2, 0.25) is 0 Å². The molecule has 2 heterocycles. The molecule has 0 spiro atoms. The van der Waals surface area contributed by atoms with Gasteiger partial charge in [-0.2, -0.15) is 0 Å². The zero-order chi connectivity index (χ0) is 22.6. The Hall–Kier alpha value is -3.93. The van der Waals surface area contributed by atoms with Crippen molar-refractivity contribution in [3.05, 3.63) is 78.4 Å². The summed E-state index contributed by atoms with van der Waals surface area (Å²) in [5.41, 5.74) is 3.01. The molecular formula is C27H26N4O2. The van der Waals surface area contributed by atoms with Gasteiger partial charge in [-0.15, -0.1) is 10.2 Å². The van der Waals surface area contributed by atoms with Crippen LogP contribution in [0.3, 0.4) is 0 Å². The topological polar surface area (TPSA) is 67.3 Å². The number of nitrogens with zero attached hydrogens (tertiary/aromatic N) is 3. The number of hydrogen-bond donors (Lipinski definition) is 1. The molecule has 4 aromatic rings. The average Bonchev–Trinajstić information content (AvgIpc) is 3.40. The van der Waals surface area contributed by atoms with E-state index < -0.39 is 0 Å². The standard InChI is InChI=1S/C27H26N4O2/c1-2-33-24-15-11-19-7-3-4-8-22(19)26(24)27(32)28-21-12-9-20(10-13-21)23-14-16-25(30-29-23)31-17-5-6-18-31/h3-4,7-16H,2,5-6,17-18H2,1H3,(H,28,32). The fourth-order valence-corrected chi connectivity index (χ4v) is 4.27. The highest BCUT2D eigenvalue weighted by molar-refractivity contribution is 6.15. The molecule has 3 aromatic carbocycles. The number of hydrogen-bond acceptors (Lipinski definition) is 5. The van der Waals surface area contributed by atoms with Crippen molar-refractivity contribution < 1.29 is 9.53 Å². The van der Waals surface area contributed by atoms with Crippen molar-refractivity contribution in [3.8, 4) is 17.0 Å². The minimum absolute atomic E-state index is 0.197. The van der Waals surface area contributed by atoms with Gasteiger partial charge in [-0.05, 0) is 60.9 Å². The zero-order valence-electron chi connectivity index (χ0n) is 18.6. The van der Waals surface area contributed by atoms with E-state index in [0.717, 1.165) is 40.9 Å². The summed E-state index contributed by atoms with van der Waals surface area (Å²) < 4.78 is 5.75. The van der Waals surface area contributed by atoms with Crippen LogP contribution in [0.5, 0.6) is 5.75 Å². The van der Waals surface area contributed by atoms with Crippen molar-refractivity contribution in [3.63, 3.8) is 0 Å². The van der Waals surface area contributed by atoms with E-state index in [1.165, 1.54) is 12.8 Å². The lowest BCUT2D eigenvalue weighted by atomic mass is 10.0. The Morgan fingerprint density at radius 3 is 2.45 bits per heavy atom. The fraction of sp³-hybridized carbons (Fsp3) is 0.222. The molecule has 1 fully saturated rings. The summed E-state index contributed by atoms with van der Waals surface area (Å²) in [5, 5.41) is 13.7. The molecule has 0 aliphatic carbocycles. The molecule has 33 heavy (non-hydrogen) atoms. The van der Waals surface area contributed by atoms with E-state index in [4.69, 9.17) is 4.74 Å². The van der Waals surface area contributed by atoms with E-state index in [1.807, 2.05) is 79.7 Å². The number of carbonyl (C=O) groups excluding carboxylic acids is 1. The van der Waals surface area contributed by atoms with E-state index in [1.54, 1.807) is 0 Å². The maximum atomic E-state index is 13.2. The van der Waals surface area contributed by atoms with Crippen LogP contribution in [0, 0.1) is 0 Å². The van der Waals surface area contributed by atoms with Crippen LogP contribution < -0.4 is 15.0 Å². The largest absolute Gasteiger partial charge is 0.493 e. The summed E-state index contributed by atoms with van der Waals surface area (Å²) in [6.07, 6.45) is 2.42. The Labute approximate surface area is 193 Å². The first-order chi connectivity index (χ1) is 16.2. The predicted octanol–water partition coefficient (Wildman–Crippen LogP) is 5.55. The van der Waals surface area contributed by atoms with E-state index in [2.05, 4.69) is 20.4 Å². The maximum absolute atomic E-state index is 13.2. The molecule has 0 unspecified atom stereocenters. The third-order valence-electron chi connectivity index (χ3n) is 5.94. The molecule has 5 rings (SSSR count). The van der Waals surface area contributed by atoms with Gasteiger partial charge < -0.3 is 15.0 Å². The second-order valence-electron chi connectivity index (χ2n) is 8.10. The Morgan fingerprint density at radius 2 is 1.73 bits per heavy atom. The van der Waals surface area contributed by atoms with E-state index in [-0.39, 0.29) is 5.91 Å². The third-order valence-corrected chi connectivity index (χ3v) is 5.94. The molecule has 166 valence electrons. The molecule has 1 aliphatic heterocycles. The summed E-state index contributed by atoms with van der Waals surface area (Å²) in [4.78, 5) is 15.5. The third kappa shape index (κ3) is 4.37. The quantitative estimate of drug-likeness (QED) is 0.428. The van der Waals surface area contributed by atoms with Crippen LogP contribution in [0.25, 0.3) is 22.0 Å². The van der Waals surface area contributed by atoms with Crippen molar-refractivity contribution in [1.82, 2.24) is 10.2 Å². The van der Waals surface area contributed by atoms with Crippen molar-refractivity contribution in [2.45, 2.75) is 19.8 Å². The Balaban J connectivity index is 1.35. The molecule has 0 atom stereocenters. The number of aromatic nitrogens is 2. The van der Waals surface area contributed by atoms with Crippen molar-refractivity contribution in [2.75, 3.05) is 29.9 Å². The Kier molecular flexibility index (Phi) is 5.89. The van der Waals surface area contributed by atoms with Crippen LogP contribution in [-0.4, -0.2) is 35.8 Å². The molecule has 6 nitrogen and oxygen atoms in total. The van der Waals surface area contributed by atoms with Crippen LogP contribution >= 0.6 is 0 Å². The van der Waals surface area contributed by atoms with Crippen LogP contribution in [0.15, 0.2) is 72.8 Å². The molecule has 0 saturated carbocycles. The summed E-state index contributed by atoms with van der Waals surface area (Å²) in [6, 6.07) is 23.3. The van der Waals surface area contributed by atoms with Gasteiger partial charge in [0.25, 0.3) is 5.91 Å². The summed E-state index contributed by atoms with van der Waals surface area (Å²) >= 11 is 0. The number of amides is 1. The lowest BCUT2D eigenvalue weighted by molar-refractivity contribution is 0.102. The molecule has 1 N–H and O–H groups in total. The molecule has 6 heteroatoms. The predicted molar refractivity (Wildman–Crippen MR) is 132 cm³/mol. The number of ether oxygens (including phenoxy) is 1. The Bertz CT molecular complexity index is 1260. The van der Waals surface area contributed by atoms with Gasteiger partial charge in [0, 0.05) is 24.3 Å². The van der Waals surface area contributed by atoms with Crippen LogP contribution in [-0.2, 0) is 0 Å². The number of nitrogens with one attached hydrogen (secondary N) is 1. The number of rotatable bonds is 6. The molecule has 1 aromatic heterocycles. The van der Waals surface area contributed by atoms with E-state index in [9.17, 15) is 4.79 Å². The summed E-state index contributed by atoms with van der Waals surface area (Å²) in [6.45, 7) is 4.50. The number of carbonyl (C=O) groups is 1. The first-order valence-electron chi connectivity index (χ1n) is 11.4. The zero-order valence-corrected chi connectivity index (χ0v) is 18.6. The maximum Gasteiger partial charge on any atom is 0.260 e. The monoisotopic (exact) mass is 438 g/mol. The minimum atomic E-state index is -0.197. The van der Waals surface area contributed by atoms with Crippen molar-refractivity contribution in [2.24, 2.45) is 0 Å². The second-order valence-corrected chi connectivity index (χ2v) is 8.10. The average molecular weight is 439 g/mol. The highest BCUT2D eigenvalue weighted by Crippen LogP contribution is 2.29. The van der Waals surface area contributed by atoms with Crippen molar-refractivity contribution >= 4 is 28.2 Å². The van der Waals surface area contributed by atoms with Gasteiger partial charge in [0.1, 0.15) is 5.75 Å². The van der Waals surface area contributed by atoms with Gasteiger partial charge in [0.05, 0.1) is 17.9 Å². The van der Waals surface area contributed by atoms with Gasteiger partial charge >= 0.3 is 0 Å². The van der Waals surface area contributed by atoms with Gasteiger partial charge in [-0.3, -0.25) is 4.79 Å². The van der Waals surface area contributed by atoms with Crippen LogP contribution in [0.4, 0.5) is 11.5 Å². The molecule has 0 radical (unpaired) electrons. The van der Waals surface area contributed by atoms with Gasteiger partial charge in [0.15, 0.2) is 5.82 Å². The molecular weight excluding hydrogens is 412 g/mol. The number of fused-ring (bicyclic) bond motifs is 1. The minimum Gasteiger partial charge on any atom is -0.493 e. The molecule has 1 saturated heterocycles. The Morgan fingerprint density at radius 1 is 0.939 bits per heavy atom. The highest BCUT2D eigenvalue weighted by atomic mass is 16.5. The summed E-state index contributed by atoms with van der Waals surface area (Å²) in [7, 11) is 0. The SMILES string of the molecule is CCOc1ccc2ccccc2c1C(=O)Nc1ccc(-c2ccc(N3CCCC3)nn2)cc1. The fourth-order valence-electron chi connectivity index (χ4n) is 4.27. The number of anilines is 2. The number of benzene rings is 3. The second kappa shape index (κ2) is 9.28. The van der Waals surface area contributed by atoms with Gasteiger partial charge in [0.2, 0.25) is 0 Å². The smallest absolute Gasteiger partial charge is 0.260 e. The van der Waals surface area contributed by atoms with Gasteiger partial charge in [-0.1, -0.05) is 42.5 Å². The lowest BCUT2D eigenvalue weighted by Gasteiger charge is -2.15. The molecule has 0 bridgehead atoms. The highest BCUT2D eigenvalue weighted by Gasteiger charge is 2.17.